The summed E-state index contributed by atoms with van der Waals surface area (Å²) in [5.74, 6) is 1.28. The van der Waals surface area contributed by atoms with E-state index in [4.69, 9.17) is 9.26 Å². The van der Waals surface area contributed by atoms with E-state index in [1.54, 1.807) is 29.2 Å². The number of piperazine rings is 1. The van der Waals surface area contributed by atoms with Crippen molar-refractivity contribution in [3.05, 3.63) is 60.2 Å². The molecule has 156 valence electrons. The molecule has 0 spiro atoms. The first kappa shape index (κ1) is 19.9. The van der Waals surface area contributed by atoms with E-state index in [0.717, 1.165) is 5.56 Å². The Hall–Kier alpha value is -3.42. The normalized spacial score (nSPS) is 14.1. The fraction of sp³-hybridized carbons (Fsp3) is 0.318. The van der Waals surface area contributed by atoms with E-state index in [2.05, 4.69) is 10.1 Å². The molecule has 1 saturated heterocycles. The lowest BCUT2D eigenvalue weighted by Gasteiger charge is -2.36. The number of carbonyl (C=O) groups excluding carboxylic acids is 1. The number of nitrogens with zero attached hydrogens (tertiary/aromatic N) is 4. The Kier molecular flexibility index (Phi) is 5.92. The first-order chi connectivity index (χ1) is 14.6. The van der Waals surface area contributed by atoms with Gasteiger partial charge in [-0.25, -0.2) is 4.39 Å². The summed E-state index contributed by atoms with van der Waals surface area (Å²) in [6, 6.07) is 13.9. The minimum Gasteiger partial charge on any atom is -0.484 e. The van der Waals surface area contributed by atoms with Gasteiger partial charge in [0, 0.05) is 38.2 Å². The molecule has 3 aromatic rings. The number of aryl methyl sites for hydroxylation is 1. The number of hydrogen-bond acceptors (Lipinski definition) is 6. The van der Waals surface area contributed by atoms with Gasteiger partial charge >= 0.3 is 0 Å². The zero-order valence-corrected chi connectivity index (χ0v) is 16.8. The van der Waals surface area contributed by atoms with Gasteiger partial charge in [0.2, 0.25) is 0 Å². The standard InChI is InChI=1S/C22H23FN4O3/c1-2-20-24-22(30-25-20)16-6-5-7-17(14-16)29-15-21(28)27-12-10-26(11-13-27)19-9-4-3-8-18(19)23/h3-9,14H,2,10-13,15H2,1H3. The average molecular weight is 410 g/mol. The van der Waals surface area contributed by atoms with Gasteiger partial charge in [0.15, 0.2) is 12.4 Å². The van der Waals surface area contributed by atoms with Gasteiger partial charge in [-0.1, -0.05) is 30.3 Å². The molecule has 1 aliphatic rings. The summed E-state index contributed by atoms with van der Waals surface area (Å²) in [4.78, 5) is 20.6. The van der Waals surface area contributed by atoms with Gasteiger partial charge in [-0.2, -0.15) is 4.98 Å². The van der Waals surface area contributed by atoms with Gasteiger partial charge in [-0.15, -0.1) is 0 Å². The number of rotatable bonds is 6. The monoisotopic (exact) mass is 410 g/mol. The van der Waals surface area contributed by atoms with Gasteiger partial charge in [-0.05, 0) is 30.3 Å². The topological polar surface area (TPSA) is 71.7 Å². The maximum atomic E-state index is 14.0. The Morgan fingerprint density at radius 3 is 2.67 bits per heavy atom. The van der Waals surface area contributed by atoms with Gasteiger partial charge in [0.05, 0.1) is 5.69 Å². The van der Waals surface area contributed by atoms with E-state index in [1.807, 2.05) is 30.0 Å². The van der Waals surface area contributed by atoms with Crippen LogP contribution in [-0.2, 0) is 11.2 Å². The number of amides is 1. The molecule has 2 heterocycles. The molecule has 4 rings (SSSR count). The molecule has 0 radical (unpaired) electrons. The second-order valence-corrected chi connectivity index (χ2v) is 7.01. The van der Waals surface area contributed by atoms with Gasteiger partial charge in [-0.3, -0.25) is 4.79 Å². The van der Waals surface area contributed by atoms with Gasteiger partial charge in [0.25, 0.3) is 11.8 Å². The number of carbonyl (C=O) groups is 1. The zero-order valence-electron chi connectivity index (χ0n) is 16.8. The molecule has 0 saturated carbocycles. The van der Waals surface area contributed by atoms with Crippen molar-refractivity contribution >= 4 is 11.6 Å². The van der Waals surface area contributed by atoms with Gasteiger partial charge < -0.3 is 19.1 Å². The Morgan fingerprint density at radius 1 is 1.13 bits per heavy atom. The predicted octanol–water partition coefficient (Wildman–Crippen LogP) is 3.17. The Bertz CT molecular complexity index is 1010. The molecule has 8 heteroatoms. The van der Waals surface area contributed by atoms with Crippen LogP contribution in [0.4, 0.5) is 10.1 Å². The third-order valence-electron chi connectivity index (χ3n) is 5.05. The first-order valence-corrected chi connectivity index (χ1v) is 9.97. The highest BCUT2D eigenvalue weighted by atomic mass is 19.1. The average Bonchev–Trinajstić information content (AvgIpc) is 3.28. The van der Waals surface area contributed by atoms with E-state index in [1.165, 1.54) is 6.07 Å². The van der Waals surface area contributed by atoms with Crippen molar-refractivity contribution in [1.29, 1.82) is 0 Å². The molecule has 30 heavy (non-hydrogen) atoms. The van der Waals surface area contributed by atoms with Crippen LogP contribution in [0.1, 0.15) is 12.7 Å². The Morgan fingerprint density at radius 2 is 1.93 bits per heavy atom. The molecule has 0 aliphatic carbocycles. The van der Waals surface area contributed by atoms with E-state index in [-0.39, 0.29) is 18.3 Å². The highest BCUT2D eigenvalue weighted by molar-refractivity contribution is 5.78. The van der Waals surface area contributed by atoms with Crippen molar-refractivity contribution in [2.24, 2.45) is 0 Å². The molecule has 0 bridgehead atoms. The maximum absolute atomic E-state index is 14.0. The SMILES string of the molecule is CCc1noc(-c2cccc(OCC(=O)N3CCN(c4ccccc4F)CC3)c2)n1. The number of para-hydroxylation sites is 1. The van der Waals surface area contributed by atoms with E-state index in [0.29, 0.717) is 55.8 Å². The minimum atomic E-state index is -0.243. The lowest BCUT2D eigenvalue weighted by atomic mass is 10.2. The summed E-state index contributed by atoms with van der Waals surface area (Å²) in [5.41, 5.74) is 1.32. The molecule has 0 N–H and O–H groups in total. The molecule has 1 aromatic heterocycles. The molecular weight excluding hydrogens is 387 g/mol. The van der Waals surface area contributed by atoms with E-state index >= 15 is 0 Å². The zero-order chi connectivity index (χ0) is 20.9. The van der Waals surface area contributed by atoms with Crippen LogP contribution >= 0.6 is 0 Å². The van der Waals surface area contributed by atoms with E-state index in [9.17, 15) is 9.18 Å². The number of halogens is 1. The molecule has 1 amide bonds. The summed E-state index contributed by atoms with van der Waals surface area (Å²) in [5, 5.41) is 3.89. The summed E-state index contributed by atoms with van der Waals surface area (Å²) < 4.78 is 24.9. The third kappa shape index (κ3) is 4.42. The molecular formula is C22H23FN4O3. The number of anilines is 1. The smallest absolute Gasteiger partial charge is 0.260 e. The largest absolute Gasteiger partial charge is 0.484 e. The quantitative estimate of drug-likeness (QED) is 0.622. The Labute approximate surface area is 174 Å². The lowest BCUT2D eigenvalue weighted by molar-refractivity contribution is -0.133. The summed E-state index contributed by atoms with van der Waals surface area (Å²) in [6.45, 7) is 4.11. The first-order valence-electron chi connectivity index (χ1n) is 9.97. The van der Waals surface area contributed by atoms with Crippen molar-refractivity contribution in [3.8, 4) is 17.2 Å². The Balaban J connectivity index is 1.31. The number of benzene rings is 2. The fourth-order valence-corrected chi connectivity index (χ4v) is 3.38. The van der Waals surface area contributed by atoms with Crippen LogP contribution in [-0.4, -0.2) is 53.7 Å². The van der Waals surface area contributed by atoms with Crippen LogP contribution in [0.25, 0.3) is 11.5 Å². The van der Waals surface area contributed by atoms with Crippen LogP contribution < -0.4 is 9.64 Å². The summed E-state index contributed by atoms with van der Waals surface area (Å²) in [6.07, 6.45) is 0.693. The van der Waals surface area contributed by atoms with Gasteiger partial charge in [0.1, 0.15) is 11.6 Å². The molecule has 7 nitrogen and oxygen atoms in total. The van der Waals surface area contributed by atoms with Crippen LogP contribution in [0.5, 0.6) is 5.75 Å². The summed E-state index contributed by atoms with van der Waals surface area (Å²) >= 11 is 0. The minimum absolute atomic E-state index is 0.0623. The highest BCUT2D eigenvalue weighted by Gasteiger charge is 2.23. The second-order valence-electron chi connectivity index (χ2n) is 7.01. The predicted molar refractivity (Wildman–Crippen MR) is 110 cm³/mol. The van der Waals surface area contributed by atoms with Crippen LogP contribution in [0, 0.1) is 5.82 Å². The number of ether oxygens (including phenoxy) is 1. The molecule has 1 fully saturated rings. The second kappa shape index (κ2) is 8.94. The van der Waals surface area contributed by atoms with Crippen molar-refractivity contribution in [3.63, 3.8) is 0 Å². The fourth-order valence-electron chi connectivity index (χ4n) is 3.38. The molecule has 2 aromatic carbocycles. The van der Waals surface area contributed by atoms with Crippen LogP contribution in [0.15, 0.2) is 53.1 Å². The van der Waals surface area contributed by atoms with Crippen molar-refractivity contribution in [1.82, 2.24) is 15.0 Å². The van der Waals surface area contributed by atoms with Crippen LogP contribution in [0.2, 0.25) is 0 Å². The third-order valence-corrected chi connectivity index (χ3v) is 5.05. The van der Waals surface area contributed by atoms with Crippen molar-refractivity contribution in [2.75, 3.05) is 37.7 Å². The maximum Gasteiger partial charge on any atom is 0.260 e. The molecule has 0 atom stereocenters. The molecule has 0 unspecified atom stereocenters. The molecule has 1 aliphatic heterocycles. The number of hydrogen-bond donors (Lipinski definition) is 0. The van der Waals surface area contributed by atoms with E-state index < -0.39 is 0 Å². The van der Waals surface area contributed by atoms with Crippen molar-refractivity contribution < 1.29 is 18.4 Å². The highest BCUT2D eigenvalue weighted by Crippen LogP contribution is 2.23. The summed E-state index contributed by atoms with van der Waals surface area (Å²) in [7, 11) is 0. The van der Waals surface area contributed by atoms with Crippen LogP contribution in [0.3, 0.4) is 0 Å². The van der Waals surface area contributed by atoms with Crippen molar-refractivity contribution in [2.45, 2.75) is 13.3 Å². The lowest BCUT2D eigenvalue weighted by Crippen LogP contribution is -2.50. The number of aromatic nitrogens is 2.